The molecule has 0 aliphatic carbocycles. The molecular weight excluding hydrogens is 339 g/mol. The van der Waals surface area contributed by atoms with Gasteiger partial charge in [-0.05, 0) is 52.7 Å². The summed E-state index contributed by atoms with van der Waals surface area (Å²) in [6.07, 6.45) is 0. The Kier molecular flexibility index (Phi) is 4.47. The van der Waals surface area contributed by atoms with Crippen molar-refractivity contribution >= 4 is 33.2 Å². The zero-order valence-electron chi connectivity index (χ0n) is 11.5. The van der Waals surface area contributed by atoms with Crippen LogP contribution in [0.25, 0.3) is 0 Å². The lowest BCUT2D eigenvalue weighted by molar-refractivity contribution is 0.102. The summed E-state index contributed by atoms with van der Waals surface area (Å²) < 4.78 is 19.5. The molecule has 3 N–H and O–H groups in total. The number of nitrogen functional groups attached to an aromatic ring is 1. The second kappa shape index (κ2) is 6.13. The molecule has 0 unspecified atom stereocenters. The molecule has 2 aromatic carbocycles. The van der Waals surface area contributed by atoms with Gasteiger partial charge in [0.25, 0.3) is 5.91 Å². The molecular formula is C15H14BrFN2O2. The van der Waals surface area contributed by atoms with Crippen LogP contribution in [-0.2, 0) is 0 Å². The molecule has 0 atom stereocenters. The van der Waals surface area contributed by atoms with Crippen LogP contribution in [0.1, 0.15) is 15.9 Å². The predicted octanol–water partition coefficient (Wildman–Crippen LogP) is 3.74. The molecule has 0 heterocycles. The van der Waals surface area contributed by atoms with Gasteiger partial charge in [0, 0.05) is 10.2 Å². The first-order valence-corrected chi connectivity index (χ1v) is 6.92. The summed E-state index contributed by atoms with van der Waals surface area (Å²) in [7, 11) is 1.38. The molecule has 21 heavy (non-hydrogen) atoms. The standard InChI is InChI=1S/C15H14BrFN2O2/c1-8-6-9(16)12(7-11(8)18)19-15(20)14-10(17)4-3-5-13(14)21-2/h3-7H,18H2,1-2H3,(H,19,20). The Balaban J connectivity index is 2.37. The minimum Gasteiger partial charge on any atom is -0.496 e. The van der Waals surface area contributed by atoms with Gasteiger partial charge in [-0.25, -0.2) is 4.39 Å². The van der Waals surface area contributed by atoms with Crippen molar-refractivity contribution in [3.8, 4) is 5.75 Å². The molecule has 110 valence electrons. The lowest BCUT2D eigenvalue weighted by Crippen LogP contribution is -2.15. The lowest BCUT2D eigenvalue weighted by Gasteiger charge is -2.12. The van der Waals surface area contributed by atoms with Gasteiger partial charge in [-0.2, -0.15) is 0 Å². The van der Waals surface area contributed by atoms with Gasteiger partial charge >= 0.3 is 0 Å². The molecule has 0 bridgehead atoms. The van der Waals surface area contributed by atoms with E-state index in [4.69, 9.17) is 10.5 Å². The van der Waals surface area contributed by atoms with Crippen LogP contribution in [-0.4, -0.2) is 13.0 Å². The predicted molar refractivity (Wildman–Crippen MR) is 84.2 cm³/mol. The molecule has 1 amide bonds. The quantitative estimate of drug-likeness (QED) is 0.827. The summed E-state index contributed by atoms with van der Waals surface area (Å²) in [4.78, 5) is 12.3. The Labute approximate surface area is 130 Å². The van der Waals surface area contributed by atoms with E-state index in [0.29, 0.717) is 15.8 Å². The van der Waals surface area contributed by atoms with E-state index >= 15 is 0 Å². The van der Waals surface area contributed by atoms with Gasteiger partial charge in [0.2, 0.25) is 0 Å². The van der Waals surface area contributed by atoms with Crippen molar-refractivity contribution < 1.29 is 13.9 Å². The fourth-order valence-electron chi connectivity index (χ4n) is 1.86. The van der Waals surface area contributed by atoms with Gasteiger partial charge in [0.1, 0.15) is 17.1 Å². The third-order valence-electron chi connectivity index (χ3n) is 3.03. The van der Waals surface area contributed by atoms with Gasteiger partial charge < -0.3 is 15.8 Å². The Bertz CT molecular complexity index is 704. The summed E-state index contributed by atoms with van der Waals surface area (Å²) >= 11 is 3.34. The van der Waals surface area contributed by atoms with Crippen LogP contribution in [0.15, 0.2) is 34.8 Å². The van der Waals surface area contributed by atoms with Crippen LogP contribution in [0.3, 0.4) is 0 Å². The third-order valence-corrected chi connectivity index (χ3v) is 3.68. The van der Waals surface area contributed by atoms with Crippen molar-refractivity contribution in [1.82, 2.24) is 0 Å². The van der Waals surface area contributed by atoms with Crippen LogP contribution in [0.5, 0.6) is 5.75 Å². The van der Waals surface area contributed by atoms with Gasteiger partial charge in [0.15, 0.2) is 0 Å². The zero-order chi connectivity index (χ0) is 15.6. The molecule has 4 nitrogen and oxygen atoms in total. The van der Waals surface area contributed by atoms with E-state index in [-0.39, 0.29) is 11.3 Å². The fraction of sp³-hybridized carbons (Fsp3) is 0.133. The van der Waals surface area contributed by atoms with Gasteiger partial charge in [-0.15, -0.1) is 0 Å². The molecule has 0 radical (unpaired) electrons. The van der Waals surface area contributed by atoms with E-state index in [1.807, 2.05) is 6.92 Å². The number of anilines is 2. The molecule has 2 aromatic rings. The topological polar surface area (TPSA) is 64.3 Å². The summed E-state index contributed by atoms with van der Waals surface area (Å²) in [5.41, 5.74) is 7.55. The molecule has 0 aliphatic heterocycles. The number of aryl methyl sites for hydroxylation is 1. The van der Waals surface area contributed by atoms with Crippen molar-refractivity contribution in [3.63, 3.8) is 0 Å². The normalized spacial score (nSPS) is 10.3. The molecule has 0 aliphatic rings. The van der Waals surface area contributed by atoms with Crippen molar-refractivity contribution in [2.75, 3.05) is 18.2 Å². The number of methoxy groups -OCH3 is 1. The smallest absolute Gasteiger partial charge is 0.262 e. The molecule has 6 heteroatoms. The number of carbonyl (C=O) groups is 1. The van der Waals surface area contributed by atoms with Crippen LogP contribution in [0.2, 0.25) is 0 Å². The highest BCUT2D eigenvalue weighted by Crippen LogP contribution is 2.29. The number of carbonyl (C=O) groups excluding carboxylic acids is 1. The fourth-order valence-corrected chi connectivity index (χ4v) is 2.42. The molecule has 0 saturated heterocycles. The maximum atomic E-state index is 13.9. The van der Waals surface area contributed by atoms with E-state index < -0.39 is 11.7 Å². The molecule has 0 fully saturated rings. The number of ether oxygens (including phenoxy) is 1. The lowest BCUT2D eigenvalue weighted by atomic mass is 10.1. The molecule has 0 spiro atoms. The average molecular weight is 353 g/mol. The number of nitrogens with one attached hydrogen (secondary N) is 1. The Hall–Kier alpha value is -2.08. The van der Waals surface area contributed by atoms with E-state index in [1.54, 1.807) is 12.1 Å². The first-order valence-electron chi connectivity index (χ1n) is 6.13. The number of rotatable bonds is 3. The second-order valence-electron chi connectivity index (χ2n) is 4.46. The minimum atomic E-state index is -0.650. The summed E-state index contributed by atoms with van der Waals surface area (Å²) in [5.74, 6) is -1.08. The largest absolute Gasteiger partial charge is 0.496 e. The zero-order valence-corrected chi connectivity index (χ0v) is 13.1. The van der Waals surface area contributed by atoms with Crippen molar-refractivity contribution in [2.45, 2.75) is 6.92 Å². The highest BCUT2D eigenvalue weighted by atomic mass is 79.9. The average Bonchev–Trinajstić information content (AvgIpc) is 2.44. The summed E-state index contributed by atoms with van der Waals surface area (Å²) in [6.45, 7) is 1.85. The second-order valence-corrected chi connectivity index (χ2v) is 5.31. The van der Waals surface area contributed by atoms with Crippen LogP contribution in [0, 0.1) is 12.7 Å². The van der Waals surface area contributed by atoms with Crippen LogP contribution >= 0.6 is 15.9 Å². The monoisotopic (exact) mass is 352 g/mol. The minimum absolute atomic E-state index is 0.147. The first kappa shape index (κ1) is 15.3. The maximum Gasteiger partial charge on any atom is 0.262 e. The Morgan fingerprint density at radius 3 is 2.76 bits per heavy atom. The SMILES string of the molecule is COc1cccc(F)c1C(=O)Nc1cc(N)c(C)cc1Br. The number of amides is 1. The molecule has 0 aromatic heterocycles. The Morgan fingerprint density at radius 1 is 1.38 bits per heavy atom. The van der Waals surface area contributed by atoms with Crippen molar-refractivity contribution in [2.24, 2.45) is 0 Å². The van der Waals surface area contributed by atoms with Crippen molar-refractivity contribution in [3.05, 3.63) is 51.7 Å². The third kappa shape index (κ3) is 3.16. The van der Waals surface area contributed by atoms with Gasteiger partial charge in [-0.3, -0.25) is 4.79 Å². The van der Waals surface area contributed by atoms with E-state index in [9.17, 15) is 9.18 Å². The van der Waals surface area contributed by atoms with Gasteiger partial charge in [0.05, 0.1) is 12.8 Å². The van der Waals surface area contributed by atoms with E-state index in [2.05, 4.69) is 21.2 Å². The first-order chi connectivity index (χ1) is 9.93. The van der Waals surface area contributed by atoms with Crippen molar-refractivity contribution in [1.29, 1.82) is 0 Å². The molecule has 0 saturated carbocycles. The van der Waals surface area contributed by atoms with Crippen LogP contribution in [0.4, 0.5) is 15.8 Å². The Morgan fingerprint density at radius 2 is 2.10 bits per heavy atom. The van der Waals surface area contributed by atoms with Crippen LogP contribution < -0.4 is 15.8 Å². The number of benzene rings is 2. The number of halogens is 2. The maximum absolute atomic E-state index is 13.9. The summed E-state index contributed by atoms with van der Waals surface area (Å²) in [5, 5.41) is 2.62. The van der Waals surface area contributed by atoms with E-state index in [1.165, 1.54) is 25.3 Å². The highest BCUT2D eigenvalue weighted by Gasteiger charge is 2.18. The van der Waals surface area contributed by atoms with Gasteiger partial charge in [-0.1, -0.05) is 6.07 Å². The van der Waals surface area contributed by atoms with E-state index in [0.717, 1.165) is 5.56 Å². The number of nitrogens with two attached hydrogens (primary N) is 1. The number of hydrogen-bond acceptors (Lipinski definition) is 3. The molecule has 2 rings (SSSR count). The number of hydrogen-bond donors (Lipinski definition) is 2. The highest BCUT2D eigenvalue weighted by molar-refractivity contribution is 9.10. The summed E-state index contributed by atoms with van der Waals surface area (Å²) in [6, 6.07) is 7.60.